The lowest BCUT2D eigenvalue weighted by Gasteiger charge is -2.16. The maximum absolute atomic E-state index is 13.2. The zero-order valence-electron chi connectivity index (χ0n) is 19.9. The van der Waals surface area contributed by atoms with Crippen LogP contribution in [0.3, 0.4) is 0 Å². The largest absolute Gasteiger partial charge is 0.462 e. The zero-order valence-corrected chi connectivity index (χ0v) is 20.8. The van der Waals surface area contributed by atoms with Crippen LogP contribution in [0.1, 0.15) is 62.9 Å². The lowest BCUT2D eigenvalue weighted by Crippen LogP contribution is -2.42. The van der Waals surface area contributed by atoms with E-state index in [1.165, 1.54) is 15.9 Å². The molecule has 2 aromatic rings. The van der Waals surface area contributed by atoms with E-state index in [0.29, 0.717) is 31.6 Å². The van der Waals surface area contributed by atoms with E-state index in [4.69, 9.17) is 4.74 Å². The van der Waals surface area contributed by atoms with E-state index in [9.17, 15) is 14.4 Å². The van der Waals surface area contributed by atoms with E-state index >= 15 is 0 Å². The van der Waals surface area contributed by atoms with Gasteiger partial charge in [-0.25, -0.2) is 4.79 Å². The number of nitrogens with one attached hydrogen (secondary N) is 2. The molecule has 0 aromatic carbocycles. The number of hydrazine groups is 1. The quantitative estimate of drug-likeness (QED) is 0.453. The van der Waals surface area contributed by atoms with Crippen LogP contribution < -0.4 is 22.1 Å². The van der Waals surface area contributed by atoms with E-state index in [1.54, 1.807) is 11.7 Å². The van der Waals surface area contributed by atoms with Crippen molar-refractivity contribution in [1.82, 2.24) is 20.0 Å². The fourth-order valence-electron chi connectivity index (χ4n) is 3.76. The van der Waals surface area contributed by atoms with Gasteiger partial charge in [0.1, 0.15) is 10.4 Å². The Morgan fingerprint density at radius 3 is 2.38 bits per heavy atom. The molecule has 0 atom stereocenters. The molecule has 0 aliphatic heterocycles. The Bertz CT molecular complexity index is 1010. The lowest BCUT2D eigenvalue weighted by atomic mass is 10.2. The Labute approximate surface area is 192 Å². The fourth-order valence-corrected chi connectivity index (χ4v) is 5.01. The third kappa shape index (κ3) is 6.28. The van der Waals surface area contributed by atoms with Crippen LogP contribution >= 0.6 is 11.3 Å². The number of carbonyl (C=O) groups excluding carboxylic acids is 1. The standard InChI is InChI=1S/C17H26N4O3S.C5H10O2/c1-11-13(10-19-18-2)25-16-14(11)15(22)21(12-6-4-5-7-12)17(23)20(16)8-9-24-3;1-5(2,3)7-4-6/h12,18-19H,4-10H2,1-3H3;4H,1-3H3. The predicted molar refractivity (Wildman–Crippen MR) is 127 cm³/mol. The van der Waals surface area contributed by atoms with Crippen LogP contribution in [0.15, 0.2) is 9.59 Å². The molecule has 1 aliphatic rings. The van der Waals surface area contributed by atoms with E-state index in [2.05, 4.69) is 15.6 Å². The Hall–Kier alpha value is -2.01. The topological polar surface area (TPSA) is 104 Å². The normalized spacial score (nSPS) is 14.4. The van der Waals surface area contributed by atoms with Gasteiger partial charge < -0.3 is 9.47 Å². The van der Waals surface area contributed by atoms with Gasteiger partial charge in [0.15, 0.2) is 0 Å². The van der Waals surface area contributed by atoms with E-state index in [1.807, 2.05) is 34.7 Å². The van der Waals surface area contributed by atoms with E-state index in [-0.39, 0.29) is 22.9 Å². The maximum Gasteiger partial charge on any atom is 0.332 e. The second-order valence-corrected chi connectivity index (χ2v) is 9.88. The predicted octanol–water partition coefficient (Wildman–Crippen LogP) is 2.48. The Morgan fingerprint density at radius 1 is 1.22 bits per heavy atom. The molecule has 0 radical (unpaired) electrons. The summed E-state index contributed by atoms with van der Waals surface area (Å²) in [7, 11) is 3.43. The molecule has 0 amide bonds. The molecule has 10 heteroatoms. The van der Waals surface area contributed by atoms with Crippen LogP contribution in [0.4, 0.5) is 0 Å². The second kappa shape index (κ2) is 11.7. The number of aromatic nitrogens is 2. The monoisotopic (exact) mass is 468 g/mol. The van der Waals surface area contributed by atoms with Crippen LogP contribution in [0.2, 0.25) is 0 Å². The summed E-state index contributed by atoms with van der Waals surface area (Å²) in [5.41, 5.74) is 6.29. The average molecular weight is 469 g/mol. The number of carbonyl (C=O) groups is 1. The molecule has 2 aromatic heterocycles. The van der Waals surface area contributed by atoms with Crippen LogP contribution in [0.25, 0.3) is 10.2 Å². The van der Waals surface area contributed by atoms with Gasteiger partial charge in [-0.2, -0.15) is 0 Å². The molecule has 9 nitrogen and oxygen atoms in total. The highest BCUT2D eigenvalue weighted by molar-refractivity contribution is 7.18. The summed E-state index contributed by atoms with van der Waals surface area (Å²) in [6.45, 7) is 9.40. The smallest absolute Gasteiger partial charge is 0.332 e. The first kappa shape index (κ1) is 26.2. The summed E-state index contributed by atoms with van der Waals surface area (Å²) in [5, 5.41) is 0.681. The minimum absolute atomic E-state index is 0.0244. The van der Waals surface area contributed by atoms with Gasteiger partial charge >= 0.3 is 5.69 Å². The van der Waals surface area contributed by atoms with Gasteiger partial charge in [-0.3, -0.25) is 29.6 Å². The minimum Gasteiger partial charge on any atom is -0.462 e. The molecule has 2 heterocycles. The number of aryl methyl sites for hydroxylation is 1. The number of fused-ring (bicyclic) bond motifs is 1. The van der Waals surface area contributed by atoms with Crippen LogP contribution in [0.5, 0.6) is 0 Å². The van der Waals surface area contributed by atoms with Gasteiger partial charge in [-0.1, -0.05) is 12.8 Å². The van der Waals surface area contributed by atoms with Crippen LogP contribution in [-0.4, -0.2) is 42.0 Å². The van der Waals surface area contributed by atoms with Crippen molar-refractivity contribution in [3.8, 4) is 0 Å². The molecular weight excluding hydrogens is 432 g/mol. The summed E-state index contributed by atoms with van der Waals surface area (Å²) in [5.74, 6) is 0. The first-order chi connectivity index (χ1) is 15.2. The van der Waals surface area contributed by atoms with Crippen molar-refractivity contribution >= 4 is 28.0 Å². The number of rotatable bonds is 8. The number of ether oxygens (including phenoxy) is 2. The average Bonchev–Trinajstić information content (AvgIpc) is 3.34. The van der Waals surface area contributed by atoms with Gasteiger partial charge in [-0.05, 0) is 53.1 Å². The molecule has 0 bridgehead atoms. The van der Waals surface area contributed by atoms with Gasteiger partial charge in [0.2, 0.25) is 0 Å². The highest BCUT2D eigenvalue weighted by atomic mass is 32.1. The third-order valence-electron chi connectivity index (χ3n) is 5.38. The highest BCUT2D eigenvalue weighted by Crippen LogP contribution is 2.31. The molecule has 1 aliphatic carbocycles. The summed E-state index contributed by atoms with van der Waals surface area (Å²) < 4.78 is 13.0. The first-order valence-corrected chi connectivity index (χ1v) is 11.7. The fraction of sp³-hybridized carbons (Fsp3) is 0.682. The first-order valence-electron chi connectivity index (χ1n) is 10.9. The molecule has 0 unspecified atom stereocenters. The molecule has 1 fully saturated rings. The van der Waals surface area contributed by atoms with Crippen molar-refractivity contribution in [2.75, 3.05) is 20.8 Å². The summed E-state index contributed by atoms with van der Waals surface area (Å²) in [6, 6.07) is 0.0244. The van der Waals surface area contributed by atoms with E-state index in [0.717, 1.165) is 41.0 Å². The van der Waals surface area contributed by atoms with Gasteiger partial charge in [0.05, 0.1) is 18.5 Å². The van der Waals surface area contributed by atoms with Crippen molar-refractivity contribution in [3.63, 3.8) is 0 Å². The molecule has 0 spiro atoms. The number of hydrogen-bond donors (Lipinski definition) is 2. The van der Waals surface area contributed by atoms with E-state index < -0.39 is 0 Å². The van der Waals surface area contributed by atoms with Crippen molar-refractivity contribution < 1.29 is 14.3 Å². The molecule has 2 N–H and O–H groups in total. The summed E-state index contributed by atoms with van der Waals surface area (Å²) in [4.78, 5) is 37.7. The second-order valence-electron chi connectivity index (χ2n) is 8.80. The Morgan fingerprint density at radius 2 is 1.88 bits per heavy atom. The van der Waals surface area contributed by atoms with Gasteiger partial charge in [-0.15, -0.1) is 11.3 Å². The van der Waals surface area contributed by atoms with Crippen molar-refractivity contribution in [2.24, 2.45) is 0 Å². The number of nitrogens with zero attached hydrogens (tertiary/aromatic N) is 2. The number of hydrogen-bond acceptors (Lipinski definition) is 8. The Kier molecular flexibility index (Phi) is 9.63. The summed E-state index contributed by atoms with van der Waals surface area (Å²) in [6.07, 6.45) is 3.96. The highest BCUT2D eigenvalue weighted by Gasteiger charge is 2.25. The molecular formula is C22H36N4O5S. The third-order valence-corrected chi connectivity index (χ3v) is 6.69. The van der Waals surface area contributed by atoms with Crippen molar-refractivity contribution in [1.29, 1.82) is 0 Å². The van der Waals surface area contributed by atoms with Crippen molar-refractivity contribution in [3.05, 3.63) is 31.3 Å². The van der Waals surface area contributed by atoms with Crippen LogP contribution in [0, 0.1) is 6.92 Å². The van der Waals surface area contributed by atoms with Gasteiger partial charge in [0, 0.05) is 24.6 Å². The number of thiophene rings is 1. The molecule has 180 valence electrons. The van der Waals surface area contributed by atoms with Gasteiger partial charge in [0.25, 0.3) is 12.0 Å². The van der Waals surface area contributed by atoms with Crippen LogP contribution in [-0.2, 0) is 27.4 Å². The summed E-state index contributed by atoms with van der Waals surface area (Å²) >= 11 is 1.51. The molecule has 1 saturated carbocycles. The molecule has 0 saturated heterocycles. The SMILES string of the molecule is CC(C)(C)OC=O.CNNCc1sc2c(c1C)c(=O)n(C1CCCC1)c(=O)n2CCOC. The maximum atomic E-state index is 13.2. The minimum atomic E-state index is -0.318. The van der Waals surface area contributed by atoms with Crippen molar-refractivity contribution in [2.45, 2.75) is 78.1 Å². The number of methoxy groups -OCH3 is 1. The molecule has 3 rings (SSSR count). The zero-order chi connectivity index (χ0) is 23.9. The Balaban J connectivity index is 0.000000451. The lowest BCUT2D eigenvalue weighted by molar-refractivity contribution is -0.138. The molecule has 32 heavy (non-hydrogen) atoms.